The molecule has 0 atom stereocenters. The van der Waals surface area contributed by atoms with Gasteiger partial charge < -0.3 is 15.2 Å². The van der Waals surface area contributed by atoms with Gasteiger partial charge in [0.1, 0.15) is 16.3 Å². The number of aromatic hydroxyl groups is 1. The second kappa shape index (κ2) is 6.90. The molecule has 1 aromatic heterocycles. The summed E-state index contributed by atoms with van der Waals surface area (Å²) < 4.78 is 9.13. The number of amides is 1. The van der Waals surface area contributed by atoms with E-state index < -0.39 is 5.97 Å². The number of carbonyl (C=O) groups is 2. The third-order valence-electron chi connectivity index (χ3n) is 3.69. The number of carbonyl (C=O) groups excluding carboxylic acids is 2. The fourth-order valence-electron chi connectivity index (χ4n) is 2.47. The van der Waals surface area contributed by atoms with Gasteiger partial charge in [0, 0.05) is 10.9 Å². The lowest BCUT2D eigenvalue weighted by atomic mass is 10.1. The second-order valence-corrected chi connectivity index (χ2v) is 6.13. The van der Waals surface area contributed by atoms with E-state index in [2.05, 4.69) is 9.69 Å². The molecule has 6 nitrogen and oxygen atoms in total. The standard InChI is InChI=1S/C18H16N2O4S/c1-3-24-18(23)15-10(2)20-25-17(15)19-16(22)12-8-7-11-5-4-6-14(21)13(11)9-12/h4-9,21H,3H2,1-2H3,(H,19,22). The number of anilines is 1. The highest BCUT2D eigenvalue weighted by Gasteiger charge is 2.21. The minimum absolute atomic E-state index is 0.105. The average Bonchev–Trinajstić information content (AvgIpc) is 2.95. The zero-order valence-corrected chi connectivity index (χ0v) is 14.5. The summed E-state index contributed by atoms with van der Waals surface area (Å²) in [5.41, 5.74) is 1.15. The van der Waals surface area contributed by atoms with Crippen molar-refractivity contribution < 1.29 is 19.4 Å². The quantitative estimate of drug-likeness (QED) is 0.695. The maximum atomic E-state index is 12.5. The highest BCUT2D eigenvalue weighted by molar-refractivity contribution is 7.11. The highest BCUT2D eigenvalue weighted by Crippen LogP contribution is 2.28. The molecule has 0 fully saturated rings. The summed E-state index contributed by atoms with van der Waals surface area (Å²) in [5, 5.41) is 14.4. The predicted molar refractivity (Wildman–Crippen MR) is 96.4 cm³/mol. The van der Waals surface area contributed by atoms with Crippen LogP contribution in [0.15, 0.2) is 36.4 Å². The highest BCUT2D eigenvalue weighted by atomic mass is 32.1. The van der Waals surface area contributed by atoms with Crippen molar-refractivity contribution >= 4 is 39.2 Å². The van der Waals surface area contributed by atoms with Gasteiger partial charge in [-0.25, -0.2) is 4.79 Å². The van der Waals surface area contributed by atoms with Gasteiger partial charge in [0.05, 0.1) is 12.3 Å². The van der Waals surface area contributed by atoms with E-state index >= 15 is 0 Å². The molecule has 3 aromatic rings. The van der Waals surface area contributed by atoms with Crippen LogP contribution in [0.25, 0.3) is 10.8 Å². The Morgan fingerprint density at radius 2 is 2.08 bits per heavy atom. The van der Waals surface area contributed by atoms with E-state index in [1.54, 1.807) is 44.2 Å². The first kappa shape index (κ1) is 16.9. The van der Waals surface area contributed by atoms with Gasteiger partial charge in [0.2, 0.25) is 0 Å². The number of benzene rings is 2. The first-order chi connectivity index (χ1) is 12.0. The molecular weight excluding hydrogens is 340 g/mol. The number of ether oxygens (including phenoxy) is 1. The molecule has 0 radical (unpaired) electrons. The summed E-state index contributed by atoms with van der Waals surface area (Å²) in [7, 11) is 0. The van der Waals surface area contributed by atoms with Gasteiger partial charge in [0.25, 0.3) is 5.91 Å². The molecule has 7 heteroatoms. The van der Waals surface area contributed by atoms with Crippen LogP contribution in [-0.4, -0.2) is 28.0 Å². The van der Waals surface area contributed by atoms with E-state index in [9.17, 15) is 14.7 Å². The van der Waals surface area contributed by atoms with Crippen LogP contribution in [0.3, 0.4) is 0 Å². The number of fused-ring (bicyclic) bond motifs is 1. The normalized spacial score (nSPS) is 10.6. The zero-order valence-electron chi connectivity index (χ0n) is 13.7. The van der Waals surface area contributed by atoms with Crippen LogP contribution in [0.2, 0.25) is 0 Å². The van der Waals surface area contributed by atoms with Crippen LogP contribution in [0.4, 0.5) is 5.00 Å². The van der Waals surface area contributed by atoms with Crippen LogP contribution in [-0.2, 0) is 4.74 Å². The number of esters is 1. The van der Waals surface area contributed by atoms with Gasteiger partial charge in [-0.1, -0.05) is 18.2 Å². The van der Waals surface area contributed by atoms with Gasteiger partial charge in [0.15, 0.2) is 0 Å². The van der Waals surface area contributed by atoms with Crippen LogP contribution in [0.5, 0.6) is 5.75 Å². The van der Waals surface area contributed by atoms with Gasteiger partial charge in [-0.2, -0.15) is 4.37 Å². The number of hydrogen-bond donors (Lipinski definition) is 2. The molecular formula is C18H16N2O4S. The molecule has 2 N–H and O–H groups in total. The average molecular weight is 356 g/mol. The Kier molecular flexibility index (Phi) is 4.67. The maximum absolute atomic E-state index is 12.5. The summed E-state index contributed by atoms with van der Waals surface area (Å²) in [6.07, 6.45) is 0. The first-order valence-corrected chi connectivity index (χ1v) is 8.45. The number of hydrogen-bond acceptors (Lipinski definition) is 6. The number of rotatable bonds is 4. The SMILES string of the molecule is CCOC(=O)c1c(C)nsc1NC(=O)c1ccc2cccc(O)c2c1. The Balaban J connectivity index is 1.91. The molecule has 0 unspecified atom stereocenters. The van der Waals surface area contributed by atoms with Crippen molar-refractivity contribution in [2.24, 2.45) is 0 Å². The van der Waals surface area contributed by atoms with E-state index in [0.717, 1.165) is 16.9 Å². The number of phenolic OH excluding ortho intramolecular Hbond substituents is 1. The summed E-state index contributed by atoms with van der Waals surface area (Å²) in [6, 6.07) is 10.2. The molecule has 0 aliphatic heterocycles. The molecule has 25 heavy (non-hydrogen) atoms. The Morgan fingerprint density at radius 1 is 1.28 bits per heavy atom. The minimum Gasteiger partial charge on any atom is -0.507 e. The van der Waals surface area contributed by atoms with Gasteiger partial charge in [-0.15, -0.1) is 0 Å². The lowest BCUT2D eigenvalue weighted by Gasteiger charge is -2.07. The van der Waals surface area contributed by atoms with Crippen LogP contribution in [0.1, 0.15) is 33.3 Å². The van der Waals surface area contributed by atoms with E-state index in [1.165, 1.54) is 0 Å². The maximum Gasteiger partial charge on any atom is 0.343 e. The number of aromatic nitrogens is 1. The minimum atomic E-state index is -0.514. The van der Waals surface area contributed by atoms with Crippen molar-refractivity contribution in [3.05, 3.63) is 53.2 Å². The first-order valence-electron chi connectivity index (χ1n) is 7.67. The van der Waals surface area contributed by atoms with Crippen LogP contribution < -0.4 is 5.32 Å². The lowest BCUT2D eigenvalue weighted by molar-refractivity contribution is 0.0527. The molecule has 0 spiro atoms. The van der Waals surface area contributed by atoms with Gasteiger partial charge in [-0.05, 0) is 49.0 Å². The number of aryl methyl sites for hydroxylation is 1. The van der Waals surface area contributed by atoms with Crippen LogP contribution in [0, 0.1) is 6.92 Å². The summed E-state index contributed by atoms with van der Waals surface area (Å²) in [4.78, 5) is 24.6. The molecule has 0 saturated heterocycles. The largest absolute Gasteiger partial charge is 0.507 e. The topological polar surface area (TPSA) is 88.5 Å². The summed E-state index contributed by atoms with van der Waals surface area (Å²) in [6.45, 7) is 3.64. The monoisotopic (exact) mass is 356 g/mol. The molecule has 1 heterocycles. The molecule has 128 valence electrons. The number of phenols is 1. The summed E-state index contributed by atoms with van der Waals surface area (Å²) >= 11 is 1.03. The molecule has 3 rings (SSSR count). The fraction of sp³-hybridized carbons (Fsp3) is 0.167. The van der Waals surface area contributed by atoms with Crippen LogP contribution >= 0.6 is 11.5 Å². The number of nitrogens with zero attached hydrogens (tertiary/aromatic N) is 1. The number of nitrogens with one attached hydrogen (secondary N) is 1. The van der Waals surface area contributed by atoms with E-state index in [0.29, 0.717) is 21.6 Å². The predicted octanol–water partition coefficient (Wildman–Crippen LogP) is 3.74. The van der Waals surface area contributed by atoms with Crippen molar-refractivity contribution in [2.75, 3.05) is 11.9 Å². The van der Waals surface area contributed by atoms with Gasteiger partial charge >= 0.3 is 5.97 Å². The van der Waals surface area contributed by atoms with Crippen molar-refractivity contribution in [1.82, 2.24) is 4.37 Å². The zero-order chi connectivity index (χ0) is 18.0. The third-order valence-corrected chi connectivity index (χ3v) is 4.54. The van der Waals surface area contributed by atoms with Crippen molar-refractivity contribution in [3.8, 4) is 5.75 Å². The molecule has 0 saturated carbocycles. The molecule has 0 aliphatic carbocycles. The van der Waals surface area contributed by atoms with E-state index in [1.807, 2.05) is 6.07 Å². The Bertz CT molecular complexity index is 965. The molecule has 0 bridgehead atoms. The van der Waals surface area contributed by atoms with Crippen molar-refractivity contribution in [1.29, 1.82) is 0 Å². The van der Waals surface area contributed by atoms with Crippen molar-refractivity contribution in [3.63, 3.8) is 0 Å². The molecule has 2 aromatic carbocycles. The lowest BCUT2D eigenvalue weighted by Crippen LogP contribution is -2.14. The second-order valence-electron chi connectivity index (χ2n) is 5.36. The van der Waals surface area contributed by atoms with Crippen molar-refractivity contribution in [2.45, 2.75) is 13.8 Å². The Morgan fingerprint density at radius 3 is 2.84 bits per heavy atom. The molecule has 1 amide bonds. The molecule has 0 aliphatic rings. The third kappa shape index (κ3) is 3.32. The van der Waals surface area contributed by atoms with Gasteiger partial charge in [-0.3, -0.25) is 4.79 Å². The van der Waals surface area contributed by atoms with E-state index in [4.69, 9.17) is 4.74 Å². The fourth-order valence-corrected chi connectivity index (χ4v) is 3.25. The smallest absolute Gasteiger partial charge is 0.343 e. The Hall–Kier alpha value is -2.93. The summed E-state index contributed by atoms with van der Waals surface area (Å²) in [5.74, 6) is -0.799. The Labute approximate surface area is 148 Å². The van der Waals surface area contributed by atoms with E-state index in [-0.39, 0.29) is 23.8 Å².